The zero-order valence-electron chi connectivity index (χ0n) is 13.6. The van der Waals surface area contributed by atoms with E-state index < -0.39 is 0 Å². The van der Waals surface area contributed by atoms with E-state index in [1.807, 2.05) is 23.1 Å². The Balaban J connectivity index is 1.36. The molecule has 1 N–H and O–H groups in total. The van der Waals surface area contributed by atoms with Gasteiger partial charge in [-0.05, 0) is 18.2 Å². The number of carbonyl (C=O) groups is 1. The summed E-state index contributed by atoms with van der Waals surface area (Å²) < 4.78 is 0. The summed E-state index contributed by atoms with van der Waals surface area (Å²) in [5, 5.41) is 3.27. The molecule has 126 valence electrons. The highest BCUT2D eigenvalue weighted by atomic mass is 16.2. The molecule has 1 saturated heterocycles. The number of anilines is 1. The van der Waals surface area contributed by atoms with Crippen LogP contribution in [0.3, 0.4) is 0 Å². The number of carbonyl (C=O) groups excluding carboxylic acids is 1. The van der Waals surface area contributed by atoms with Crippen LogP contribution in [0.25, 0.3) is 0 Å². The third-order valence-electron chi connectivity index (χ3n) is 4.02. The van der Waals surface area contributed by atoms with Gasteiger partial charge in [-0.25, -0.2) is 9.97 Å². The SMILES string of the molecule is O=C(CCNCc1ccccn1)N1CCN(c2ncccn2)CC1. The number of hydrogen-bond acceptors (Lipinski definition) is 6. The van der Waals surface area contributed by atoms with Gasteiger partial charge in [0.15, 0.2) is 0 Å². The van der Waals surface area contributed by atoms with E-state index in [1.54, 1.807) is 24.7 Å². The lowest BCUT2D eigenvalue weighted by atomic mass is 10.2. The Labute approximate surface area is 141 Å². The Morgan fingerprint density at radius 3 is 2.46 bits per heavy atom. The molecule has 1 aliphatic heterocycles. The topological polar surface area (TPSA) is 74.2 Å². The molecule has 1 fully saturated rings. The Hall–Kier alpha value is -2.54. The van der Waals surface area contributed by atoms with E-state index in [9.17, 15) is 4.79 Å². The molecule has 7 heteroatoms. The molecule has 3 rings (SSSR count). The maximum Gasteiger partial charge on any atom is 0.225 e. The predicted octanol–water partition coefficient (Wildman–Crippen LogP) is 0.700. The Morgan fingerprint density at radius 2 is 1.75 bits per heavy atom. The summed E-state index contributed by atoms with van der Waals surface area (Å²) in [7, 11) is 0. The van der Waals surface area contributed by atoms with Crippen LogP contribution in [0.2, 0.25) is 0 Å². The highest BCUT2D eigenvalue weighted by Gasteiger charge is 2.21. The van der Waals surface area contributed by atoms with Crippen molar-refractivity contribution in [2.24, 2.45) is 0 Å². The smallest absolute Gasteiger partial charge is 0.225 e. The van der Waals surface area contributed by atoms with Gasteiger partial charge in [0.1, 0.15) is 0 Å². The average Bonchev–Trinajstić information content (AvgIpc) is 2.67. The molecule has 3 heterocycles. The molecule has 0 aromatic carbocycles. The van der Waals surface area contributed by atoms with Gasteiger partial charge in [0.05, 0.1) is 5.69 Å². The van der Waals surface area contributed by atoms with Crippen LogP contribution in [0, 0.1) is 0 Å². The number of amides is 1. The molecular weight excluding hydrogens is 304 g/mol. The molecule has 0 saturated carbocycles. The zero-order valence-corrected chi connectivity index (χ0v) is 13.6. The molecule has 7 nitrogen and oxygen atoms in total. The second-order valence-corrected chi connectivity index (χ2v) is 5.66. The summed E-state index contributed by atoms with van der Waals surface area (Å²) in [4.78, 5) is 29.1. The van der Waals surface area contributed by atoms with Crippen LogP contribution >= 0.6 is 0 Å². The summed E-state index contributed by atoms with van der Waals surface area (Å²) in [5.74, 6) is 0.929. The van der Waals surface area contributed by atoms with Crippen LogP contribution in [0.5, 0.6) is 0 Å². The largest absolute Gasteiger partial charge is 0.339 e. The first-order valence-electron chi connectivity index (χ1n) is 8.23. The maximum atomic E-state index is 12.3. The first kappa shape index (κ1) is 16.3. The standard InChI is InChI=1S/C17H22N6O/c24-16(5-9-18-14-15-4-1-2-6-19-15)22-10-12-23(13-11-22)17-20-7-3-8-21-17/h1-4,6-8,18H,5,9-14H2. The van der Waals surface area contributed by atoms with E-state index in [1.165, 1.54) is 0 Å². The molecule has 0 unspecified atom stereocenters. The maximum absolute atomic E-state index is 12.3. The van der Waals surface area contributed by atoms with Crippen LogP contribution in [0.1, 0.15) is 12.1 Å². The van der Waals surface area contributed by atoms with Crippen molar-refractivity contribution < 1.29 is 4.79 Å². The molecule has 0 atom stereocenters. The van der Waals surface area contributed by atoms with Crippen molar-refractivity contribution in [3.8, 4) is 0 Å². The van der Waals surface area contributed by atoms with Crippen molar-refractivity contribution >= 4 is 11.9 Å². The second kappa shape index (κ2) is 8.35. The quantitative estimate of drug-likeness (QED) is 0.788. The van der Waals surface area contributed by atoms with E-state index in [0.717, 1.165) is 37.8 Å². The van der Waals surface area contributed by atoms with E-state index in [0.29, 0.717) is 19.5 Å². The first-order chi connectivity index (χ1) is 11.8. The highest BCUT2D eigenvalue weighted by molar-refractivity contribution is 5.76. The Kier molecular flexibility index (Phi) is 5.68. The van der Waals surface area contributed by atoms with Gasteiger partial charge in [-0.15, -0.1) is 0 Å². The Bertz CT molecular complexity index is 628. The van der Waals surface area contributed by atoms with Crippen molar-refractivity contribution in [3.05, 3.63) is 48.5 Å². The summed E-state index contributed by atoms with van der Waals surface area (Å²) in [6.07, 6.45) is 5.77. The molecule has 1 amide bonds. The van der Waals surface area contributed by atoms with E-state index in [4.69, 9.17) is 0 Å². The monoisotopic (exact) mass is 326 g/mol. The van der Waals surface area contributed by atoms with Crippen LogP contribution < -0.4 is 10.2 Å². The Morgan fingerprint density at radius 1 is 1.00 bits per heavy atom. The molecule has 1 aliphatic rings. The molecular formula is C17H22N6O. The average molecular weight is 326 g/mol. The van der Waals surface area contributed by atoms with Gasteiger partial charge in [-0.1, -0.05) is 6.07 Å². The number of pyridine rings is 1. The van der Waals surface area contributed by atoms with Crippen LogP contribution in [-0.2, 0) is 11.3 Å². The first-order valence-corrected chi connectivity index (χ1v) is 8.23. The number of rotatable bonds is 6. The van der Waals surface area contributed by atoms with Crippen LogP contribution in [0.15, 0.2) is 42.9 Å². The molecule has 2 aromatic heterocycles. The van der Waals surface area contributed by atoms with Crippen molar-refractivity contribution in [1.29, 1.82) is 0 Å². The normalized spacial score (nSPS) is 14.7. The third kappa shape index (κ3) is 4.48. The van der Waals surface area contributed by atoms with Crippen molar-refractivity contribution in [2.45, 2.75) is 13.0 Å². The molecule has 0 spiro atoms. The summed E-state index contributed by atoms with van der Waals surface area (Å²) >= 11 is 0. The lowest BCUT2D eigenvalue weighted by molar-refractivity contribution is -0.131. The zero-order chi connectivity index (χ0) is 16.6. The van der Waals surface area contributed by atoms with Crippen molar-refractivity contribution in [2.75, 3.05) is 37.6 Å². The minimum absolute atomic E-state index is 0.192. The van der Waals surface area contributed by atoms with E-state index in [2.05, 4.69) is 25.2 Å². The number of nitrogens with zero attached hydrogens (tertiary/aromatic N) is 5. The van der Waals surface area contributed by atoms with Gasteiger partial charge < -0.3 is 15.1 Å². The molecule has 24 heavy (non-hydrogen) atoms. The fourth-order valence-corrected chi connectivity index (χ4v) is 2.68. The molecule has 0 radical (unpaired) electrons. The van der Waals surface area contributed by atoms with Gasteiger partial charge in [0.2, 0.25) is 11.9 Å². The number of hydrogen-bond donors (Lipinski definition) is 1. The van der Waals surface area contributed by atoms with Gasteiger partial charge in [0.25, 0.3) is 0 Å². The molecule has 0 aliphatic carbocycles. The lowest BCUT2D eigenvalue weighted by Gasteiger charge is -2.34. The van der Waals surface area contributed by atoms with Crippen molar-refractivity contribution in [3.63, 3.8) is 0 Å². The minimum atomic E-state index is 0.192. The second-order valence-electron chi connectivity index (χ2n) is 5.66. The summed E-state index contributed by atoms with van der Waals surface area (Å²) in [6.45, 7) is 4.34. The number of piperazine rings is 1. The summed E-state index contributed by atoms with van der Waals surface area (Å²) in [5.41, 5.74) is 0.987. The van der Waals surface area contributed by atoms with Gasteiger partial charge >= 0.3 is 0 Å². The highest BCUT2D eigenvalue weighted by Crippen LogP contribution is 2.10. The lowest BCUT2D eigenvalue weighted by Crippen LogP contribution is -2.49. The van der Waals surface area contributed by atoms with Crippen LogP contribution in [0.4, 0.5) is 5.95 Å². The molecule has 2 aromatic rings. The van der Waals surface area contributed by atoms with Crippen LogP contribution in [-0.4, -0.2) is 58.5 Å². The fraction of sp³-hybridized carbons (Fsp3) is 0.412. The molecule has 0 bridgehead atoms. The van der Waals surface area contributed by atoms with E-state index >= 15 is 0 Å². The van der Waals surface area contributed by atoms with Gasteiger partial charge in [0, 0.05) is 64.3 Å². The minimum Gasteiger partial charge on any atom is -0.339 e. The summed E-state index contributed by atoms with van der Waals surface area (Å²) in [6, 6.07) is 7.64. The number of nitrogens with one attached hydrogen (secondary N) is 1. The van der Waals surface area contributed by atoms with Gasteiger partial charge in [-0.2, -0.15) is 0 Å². The predicted molar refractivity (Wildman–Crippen MR) is 91.4 cm³/mol. The van der Waals surface area contributed by atoms with E-state index in [-0.39, 0.29) is 5.91 Å². The van der Waals surface area contributed by atoms with Gasteiger partial charge in [-0.3, -0.25) is 9.78 Å². The fourth-order valence-electron chi connectivity index (χ4n) is 2.68. The number of aromatic nitrogens is 3. The third-order valence-corrected chi connectivity index (χ3v) is 4.02. The van der Waals surface area contributed by atoms with Crippen molar-refractivity contribution in [1.82, 2.24) is 25.2 Å².